The summed E-state index contributed by atoms with van der Waals surface area (Å²) in [4.78, 5) is 40.1. The summed E-state index contributed by atoms with van der Waals surface area (Å²) >= 11 is 12.1. The van der Waals surface area contributed by atoms with Gasteiger partial charge in [0.2, 0.25) is 11.8 Å². The molecule has 34 heavy (non-hydrogen) atoms. The Morgan fingerprint density at radius 1 is 1.09 bits per heavy atom. The van der Waals surface area contributed by atoms with Gasteiger partial charge in [-0.3, -0.25) is 14.4 Å². The van der Waals surface area contributed by atoms with Crippen molar-refractivity contribution in [1.29, 1.82) is 0 Å². The largest absolute Gasteiger partial charge is 0.350 e. The second-order valence-corrected chi connectivity index (χ2v) is 11.6. The average molecular weight is 526 g/mol. The van der Waals surface area contributed by atoms with Gasteiger partial charge in [-0.15, -0.1) is 0 Å². The molecule has 1 heterocycles. The zero-order valence-corrected chi connectivity index (χ0v) is 21.5. The molecular formula is C23H25Cl2N3O5S. The highest BCUT2D eigenvalue weighted by Gasteiger charge is 2.43. The van der Waals surface area contributed by atoms with Gasteiger partial charge in [-0.2, -0.15) is 0 Å². The van der Waals surface area contributed by atoms with Crippen LogP contribution in [-0.2, 0) is 26.2 Å². The third kappa shape index (κ3) is 5.37. The van der Waals surface area contributed by atoms with Crippen LogP contribution < -0.4 is 5.32 Å². The van der Waals surface area contributed by atoms with Crippen molar-refractivity contribution < 1.29 is 22.8 Å². The van der Waals surface area contributed by atoms with E-state index >= 15 is 0 Å². The minimum absolute atomic E-state index is 0.00450. The Bertz CT molecular complexity index is 1260. The average Bonchev–Trinajstić information content (AvgIpc) is 2.93. The van der Waals surface area contributed by atoms with E-state index in [0.717, 1.165) is 0 Å². The van der Waals surface area contributed by atoms with Crippen molar-refractivity contribution >= 4 is 50.9 Å². The molecule has 182 valence electrons. The van der Waals surface area contributed by atoms with E-state index in [9.17, 15) is 22.8 Å². The number of amides is 3. The summed E-state index contributed by atoms with van der Waals surface area (Å²) < 4.78 is 26.4. The molecule has 11 heteroatoms. The number of rotatable bonds is 6. The van der Waals surface area contributed by atoms with Crippen molar-refractivity contribution in [2.75, 3.05) is 6.54 Å². The summed E-state index contributed by atoms with van der Waals surface area (Å²) in [5.41, 5.74) is 0.0291. The van der Waals surface area contributed by atoms with Gasteiger partial charge in [-0.05, 0) is 57.5 Å². The molecule has 0 saturated carbocycles. The van der Waals surface area contributed by atoms with E-state index in [2.05, 4.69) is 5.32 Å². The fourth-order valence-corrected chi connectivity index (χ4v) is 5.33. The fourth-order valence-electron chi connectivity index (χ4n) is 3.49. The number of sulfonamides is 1. The van der Waals surface area contributed by atoms with Crippen LogP contribution >= 0.6 is 23.2 Å². The molecule has 0 bridgehead atoms. The summed E-state index contributed by atoms with van der Waals surface area (Å²) in [6, 6.07) is 9.57. The molecule has 1 aliphatic rings. The summed E-state index contributed by atoms with van der Waals surface area (Å²) in [5.74, 6) is -1.93. The standard InChI is InChI=1S/C23H25Cl2N3O5S/c1-14(21(30)26-23(2,3)4)27(12-15-9-10-17(24)18(25)11-15)20(29)13-28-22(31)16-7-5-6-8-19(16)34(28,32)33/h5-11,14H,12-13H2,1-4H3,(H,26,30). The summed E-state index contributed by atoms with van der Waals surface area (Å²) in [6.07, 6.45) is 0. The molecule has 0 saturated heterocycles. The summed E-state index contributed by atoms with van der Waals surface area (Å²) in [5, 5.41) is 3.41. The number of nitrogens with zero attached hydrogens (tertiary/aromatic N) is 2. The van der Waals surface area contributed by atoms with Gasteiger partial charge in [0.1, 0.15) is 17.5 Å². The van der Waals surface area contributed by atoms with E-state index < -0.39 is 45.9 Å². The molecule has 1 atom stereocenters. The lowest BCUT2D eigenvalue weighted by molar-refractivity contribution is -0.141. The first-order chi connectivity index (χ1) is 15.7. The zero-order chi connectivity index (χ0) is 25.4. The first-order valence-corrected chi connectivity index (χ1v) is 12.6. The van der Waals surface area contributed by atoms with Gasteiger partial charge in [0.05, 0.1) is 15.6 Å². The van der Waals surface area contributed by atoms with Crippen LogP contribution in [0.5, 0.6) is 0 Å². The number of halogens is 2. The van der Waals surface area contributed by atoms with E-state index in [1.807, 2.05) is 0 Å². The third-order valence-corrected chi connectivity index (χ3v) is 7.72. The zero-order valence-electron chi connectivity index (χ0n) is 19.1. The highest BCUT2D eigenvalue weighted by molar-refractivity contribution is 7.90. The second kappa shape index (κ2) is 9.56. The molecule has 1 unspecified atom stereocenters. The van der Waals surface area contributed by atoms with E-state index in [1.54, 1.807) is 45.0 Å². The molecule has 1 N–H and O–H groups in total. The molecule has 0 aliphatic carbocycles. The van der Waals surface area contributed by atoms with Crippen LogP contribution in [0.25, 0.3) is 0 Å². The topological polar surface area (TPSA) is 104 Å². The lowest BCUT2D eigenvalue weighted by Crippen LogP contribution is -2.54. The van der Waals surface area contributed by atoms with Crippen LogP contribution in [-0.4, -0.2) is 53.5 Å². The van der Waals surface area contributed by atoms with Crippen LogP contribution in [0, 0.1) is 0 Å². The monoisotopic (exact) mass is 525 g/mol. The number of carbonyl (C=O) groups is 3. The smallest absolute Gasteiger partial charge is 0.269 e. The Kier molecular flexibility index (Phi) is 7.31. The molecule has 0 spiro atoms. The molecule has 2 aromatic carbocycles. The summed E-state index contributed by atoms with van der Waals surface area (Å²) in [6.45, 7) is 6.14. The number of hydrogen-bond donors (Lipinski definition) is 1. The normalized spacial score (nSPS) is 15.6. The molecule has 3 rings (SSSR count). The van der Waals surface area contributed by atoms with Crippen molar-refractivity contribution in [2.24, 2.45) is 0 Å². The minimum atomic E-state index is -4.19. The van der Waals surface area contributed by atoms with Crippen LogP contribution in [0.15, 0.2) is 47.4 Å². The Morgan fingerprint density at radius 2 is 1.74 bits per heavy atom. The molecule has 3 amide bonds. The molecule has 8 nitrogen and oxygen atoms in total. The van der Waals surface area contributed by atoms with Gasteiger partial charge in [0.15, 0.2) is 0 Å². The number of carbonyl (C=O) groups excluding carboxylic acids is 3. The van der Waals surface area contributed by atoms with E-state index in [4.69, 9.17) is 23.2 Å². The van der Waals surface area contributed by atoms with Crippen LogP contribution in [0.3, 0.4) is 0 Å². The Balaban J connectivity index is 1.92. The van der Waals surface area contributed by atoms with Crippen molar-refractivity contribution in [3.05, 3.63) is 63.6 Å². The van der Waals surface area contributed by atoms with Crippen molar-refractivity contribution in [3.63, 3.8) is 0 Å². The minimum Gasteiger partial charge on any atom is -0.350 e. The molecule has 0 aromatic heterocycles. The maximum Gasteiger partial charge on any atom is 0.269 e. The molecule has 0 radical (unpaired) electrons. The number of benzene rings is 2. The van der Waals surface area contributed by atoms with Gasteiger partial charge in [0, 0.05) is 12.1 Å². The van der Waals surface area contributed by atoms with Crippen LogP contribution in [0.1, 0.15) is 43.6 Å². The molecular weight excluding hydrogens is 501 g/mol. The predicted molar refractivity (Wildman–Crippen MR) is 129 cm³/mol. The van der Waals surface area contributed by atoms with E-state index in [-0.39, 0.29) is 22.0 Å². The number of nitrogens with one attached hydrogen (secondary N) is 1. The highest BCUT2D eigenvalue weighted by Crippen LogP contribution is 2.30. The van der Waals surface area contributed by atoms with Crippen molar-refractivity contribution in [1.82, 2.24) is 14.5 Å². The lowest BCUT2D eigenvalue weighted by Gasteiger charge is -2.32. The molecule has 2 aromatic rings. The maximum absolute atomic E-state index is 13.4. The van der Waals surface area contributed by atoms with Gasteiger partial charge in [-0.1, -0.05) is 41.4 Å². The van der Waals surface area contributed by atoms with Crippen LogP contribution in [0.4, 0.5) is 0 Å². The van der Waals surface area contributed by atoms with Crippen molar-refractivity contribution in [3.8, 4) is 0 Å². The first-order valence-electron chi connectivity index (χ1n) is 10.4. The van der Waals surface area contributed by atoms with Crippen LogP contribution in [0.2, 0.25) is 10.0 Å². The highest BCUT2D eigenvalue weighted by atomic mass is 35.5. The first kappa shape index (κ1) is 26.0. The third-order valence-electron chi connectivity index (χ3n) is 5.19. The Hall–Kier alpha value is -2.62. The number of fused-ring (bicyclic) bond motifs is 1. The lowest BCUT2D eigenvalue weighted by atomic mass is 10.1. The second-order valence-electron chi connectivity index (χ2n) is 9.00. The number of hydrogen-bond acceptors (Lipinski definition) is 5. The maximum atomic E-state index is 13.4. The van der Waals surface area contributed by atoms with E-state index in [0.29, 0.717) is 14.9 Å². The SMILES string of the molecule is CC(C(=O)NC(C)(C)C)N(Cc1ccc(Cl)c(Cl)c1)C(=O)CN1C(=O)c2ccccc2S1(=O)=O. The fraction of sp³-hybridized carbons (Fsp3) is 0.348. The van der Waals surface area contributed by atoms with Crippen molar-refractivity contribution in [2.45, 2.75) is 50.7 Å². The van der Waals surface area contributed by atoms with Gasteiger partial charge >= 0.3 is 0 Å². The molecule has 1 aliphatic heterocycles. The Morgan fingerprint density at radius 3 is 2.32 bits per heavy atom. The van der Waals surface area contributed by atoms with E-state index in [1.165, 1.54) is 30.0 Å². The Labute approximate surface area is 208 Å². The molecule has 0 fully saturated rings. The quantitative estimate of drug-likeness (QED) is 0.621. The van der Waals surface area contributed by atoms with Gasteiger partial charge in [0.25, 0.3) is 15.9 Å². The predicted octanol–water partition coefficient (Wildman–Crippen LogP) is 3.47. The van der Waals surface area contributed by atoms with Gasteiger partial charge in [-0.25, -0.2) is 12.7 Å². The van der Waals surface area contributed by atoms with Gasteiger partial charge < -0.3 is 10.2 Å². The summed E-state index contributed by atoms with van der Waals surface area (Å²) in [7, 11) is -4.19.